The molecule has 6 nitrogen and oxygen atoms in total. The second-order valence-corrected chi connectivity index (χ2v) is 5.93. The molecular formula is C18H32O6. The summed E-state index contributed by atoms with van der Waals surface area (Å²) in [5.74, 6) is -1.29. The van der Waals surface area contributed by atoms with Crippen LogP contribution in [0, 0.1) is 11.8 Å². The number of esters is 2. The minimum Gasteiger partial charge on any atom is -0.465 e. The van der Waals surface area contributed by atoms with Crippen LogP contribution in [0.3, 0.4) is 0 Å². The first kappa shape index (κ1) is 20.9. The van der Waals surface area contributed by atoms with E-state index < -0.39 is 0 Å². The summed E-state index contributed by atoms with van der Waals surface area (Å²) in [7, 11) is 0. The molecule has 0 heterocycles. The average Bonchev–Trinajstić information content (AvgIpc) is 2.61. The van der Waals surface area contributed by atoms with Crippen LogP contribution in [0.4, 0.5) is 0 Å². The van der Waals surface area contributed by atoms with Crippen molar-refractivity contribution in [3.63, 3.8) is 0 Å². The first-order chi connectivity index (χ1) is 11.7. The van der Waals surface area contributed by atoms with Crippen molar-refractivity contribution in [3.05, 3.63) is 0 Å². The van der Waals surface area contributed by atoms with Crippen molar-refractivity contribution < 1.29 is 28.5 Å². The molecule has 0 aromatic rings. The van der Waals surface area contributed by atoms with Gasteiger partial charge in [0.25, 0.3) is 0 Å². The third-order valence-corrected chi connectivity index (χ3v) is 4.13. The van der Waals surface area contributed by atoms with Gasteiger partial charge >= 0.3 is 11.9 Å². The molecule has 0 aromatic heterocycles. The van der Waals surface area contributed by atoms with Crippen LogP contribution in [0.25, 0.3) is 0 Å². The summed E-state index contributed by atoms with van der Waals surface area (Å²) in [5.41, 5.74) is 0. The Labute approximate surface area is 145 Å². The summed E-state index contributed by atoms with van der Waals surface area (Å²) in [5, 5.41) is 0. The molecule has 1 saturated carbocycles. The molecule has 0 bridgehead atoms. The maximum absolute atomic E-state index is 12.3. The van der Waals surface area contributed by atoms with Crippen LogP contribution in [0.2, 0.25) is 0 Å². The van der Waals surface area contributed by atoms with E-state index in [-0.39, 0.29) is 23.8 Å². The molecule has 0 N–H and O–H groups in total. The zero-order valence-corrected chi connectivity index (χ0v) is 15.1. The van der Waals surface area contributed by atoms with E-state index >= 15 is 0 Å². The second kappa shape index (κ2) is 13.2. The lowest BCUT2D eigenvalue weighted by molar-refractivity contribution is -0.163. The molecule has 0 aromatic carbocycles. The van der Waals surface area contributed by atoms with Crippen LogP contribution < -0.4 is 0 Å². The molecule has 1 fully saturated rings. The van der Waals surface area contributed by atoms with E-state index in [2.05, 4.69) is 0 Å². The van der Waals surface area contributed by atoms with Crippen molar-refractivity contribution in [2.75, 3.05) is 39.6 Å². The Bertz CT molecular complexity index is 323. The van der Waals surface area contributed by atoms with Gasteiger partial charge in [-0.1, -0.05) is 12.8 Å². The third-order valence-electron chi connectivity index (χ3n) is 4.13. The minimum absolute atomic E-state index is 0.275. The van der Waals surface area contributed by atoms with E-state index in [1.54, 1.807) is 0 Å². The highest BCUT2D eigenvalue weighted by molar-refractivity contribution is 5.82. The molecule has 140 valence electrons. The second-order valence-electron chi connectivity index (χ2n) is 5.93. The van der Waals surface area contributed by atoms with E-state index in [1.807, 2.05) is 13.8 Å². The number of ether oxygens (including phenoxy) is 4. The highest BCUT2D eigenvalue weighted by Gasteiger charge is 2.37. The van der Waals surface area contributed by atoms with Crippen molar-refractivity contribution >= 4 is 11.9 Å². The molecule has 0 amide bonds. The Kier molecular flexibility index (Phi) is 11.5. The van der Waals surface area contributed by atoms with Gasteiger partial charge in [0, 0.05) is 39.3 Å². The molecule has 0 saturated heterocycles. The number of hydrogen-bond acceptors (Lipinski definition) is 6. The number of carbonyl (C=O) groups excluding carboxylic acids is 2. The van der Waals surface area contributed by atoms with Crippen LogP contribution in [0.5, 0.6) is 0 Å². The first-order valence-corrected chi connectivity index (χ1v) is 9.19. The third kappa shape index (κ3) is 8.11. The number of rotatable bonds is 12. The van der Waals surface area contributed by atoms with Crippen LogP contribution >= 0.6 is 0 Å². The van der Waals surface area contributed by atoms with Gasteiger partial charge in [-0.2, -0.15) is 0 Å². The smallest absolute Gasteiger partial charge is 0.309 e. The van der Waals surface area contributed by atoms with Crippen LogP contribution in [-0.2, 0) is 28.5 Å². The van der Waals surface area contributed by atoms with Crippen LogP contribution in [0.15, 0.2) is 0 Å². The molecule has 0 aliphatic heterocycles. The zero-order chi connectivity index (χ0) is 17.6. The largest absolute Gasteiger partial charge is 0.465 e. The van der Waals surface area contributed by atoms with Crippen LogP contribution in [0.1, 0.15) is 52.4 Å². The Morgan fingerprint density at radius 1 is 0.750 bits per heavy atom. The van der Waals surface area contributed by atoms with Gasteiger partial charge in [0.15, 0.2) is 0 Å². The van der Waals surface area contributed by atoms with Gasteiger partial charge in [-0.05, 0) is 26.7 Å². The molecule has 24 heavy (non-hydrogen) atoms. The molecule has 1 aliphatic rings. The van der Waals surface area contributed by atoms with Crippen molar-refractivity contribution in [2.24, 2.45) is 11.8 Å². The normalized spacial score (nSPS) is 20.6. The first-order valence-electron chi connectivity index (χ1n) is 9.19. The molecule has 2 unspecified atom stereocenters. The van der Waals surface area contributed by atoms with Crippen molar-refractivity contribution in [1.82, 2.24) is 0 Å². The lowest BCUT2D eigenvalue weighted by Crippen LogP contribution is -2.35. The molecule has 0 radical (unpaired) electrons. The molecule has 2 atom stereocenters. The molecular weight excluding hydrogens is 312 g/mol. The van der Waals surface area contributed by atoms with Gasteiger partial charge < -0.3 is 18.9 Å². The van der Waals surface area contributed by atoms with E-state index in [9.17, 15) is 9.59 Å². The van der Waals surface area contributed by atoms with Gasteiger partial charge in [-0.25, -0.2) is 0 Å². The summed E-state index contributed by atoms with van der Waals surface area (Å²) in [6.07, 6.45) is 4.66. The molecule has 1 aliphatic carbocycles. The van der Waals surface area contributed by atoms with Gasteiger partial charge in [-0.15, -0.1) is 0 Å². The quantitative estimate of drug-likeness (QED) is 0.400. The monoisotopic (exact) mass is 344 g/mol. The topological polar surface area (TPSA) is 71.1 Å². The van der Waals surface area contributed by atoms with E-state index in [1.165, 1.54) is 0 Å². The van der Waals surface area contributed by atoms with Crippen LogP contribution in [-0.4, -0.2) is 51.6 Å². The van der Waals surface area contributed by atoms with Gasteiger partial charge in [0.2, 0.25) is 0 Å². The Hall–Kier alpha value is -1.14. The van der Waals surface area contributed by atoms with Crippen molar-refractivity contribution in [3.8, 4) is 0 Å². The summed E-state index contributed by atoms with van der Waals surface area (Å²) >= 11 is 0. The number of hydrogen-bond donors (Lipinski definition) is 0. The van der Waals surface area contributed by atoms with Crippen molar-refractivity contribution in [2.45, 2.75) is 52.4 Å². The summed E-state index contributed by atoms with van der Waals surface area (Å²) in [6.45, 7) is 7.02. The fraction of sp³-hybridized carbons (Fsp3) is 0.889. The molecule has 1 rings (SSSR count). The van der Waals surface area contributed by atoms with E-state index in [0.717, 1.165) is 12.8 Å². The summed E-state index contributed by atoms with van der Waals surface area (Å²) < 4.78 is 21.1. The highest BCUT2D eigenvalue weighted by Crippen LogP contribution is 2.32. The predicted molar refractivity (Wildman–Crippen MR) is 89.6 cm³/mol. The maximum atomic E-state index is 12.3. The fourth-order valence-corrected chi connectivity index (χ4v) is 2.87. The van der Waals surface area contributed by atoms with E-state index in [4.69, 9.17) is 18.9 Å². The van der Waals surface area contributed by atoms with Gasteiger partial charge in [0.1, 0.15) is 0 Å². The summed E-state index contributed by atoms with van der Waals surface area (Å²) in [4.78, 5) is 24.5. The Balaban J connectivity index is 2.34. The zero-order valence-electron chi connectivity index (χ0n) is 15.1. The lowest BCUT2D eigenvalue weighted by atomic mass is 9.79. The minimum atomic E-state index is -0.370. The van der Waals surface area contributed by atoms with Crippen molar-refractivity contribution in [1.29, 1.82) is 0 Å². The Morgan fingerprint density at radius 3 is 1.54 bits per heavy atom. The van der Waals surface area contributed by atoms with Gasteiger partial charge in [0.05, 0.1) is 25.0 Å². The molecule has 6 heteroatoms. The lowest BCUT2D eigenvalue weighted by Gasteiger charge is -2.28. The van der Waals surface area contributed by atoms with E-state index in [0.29, 0.717) is 65.3 Å². The maximum Gasteiger partial charge on any atom is 0.309 e. The summed E-state index contributed by atoms with van der Waals surface area (Å²) in [6, 6.07) is 0. The predicted octanol–water partition coefficient (Wildman–Crippen LogP) is 2.73. The average molecular weight is 344 g/mol. The fourth-order valence-electron chi connectivity index (χ4n) is 2.87. The Morgan fingerprint density at radius 2 is 1.17 bits per heavy atom. The molecule has 0 spiro atoms. The standard InChI is InChI=1S/C18H32O6/c1-3-21-11-7-13-23-17(19)15-9-5-6-10-16(15)18(20)24-14-8-12-22-4-2/h15-16H,3-14H2,1-2H3. The SMILES string of the molecule is CCOCCCOC(=O)C1CCCCC1C(=O)OCCCOCC. The van der Waals surface area contributed by atoms with Gasteiger partial charge in [-0.3, -0.25) is 9.59 Å². The highest BCUT2D eigenvalue weighted by atomic mass is 16.5. The number of carbonyl (C=O) groups is 2.